The lowest BCUT2D eigenvalue weighted by atomic mass is 9.93. The molecule has 0 saturated carbocycles. The Bertz CT molecular complexity index is 460. The molecular weight excluding hydrogens is 214 g/mol. The first-order valence-corrected chi connectivity index (χ1v) is 6.81. The molecule has 0 saturated heterocycles. The van der Waals surface area contributed by atoms with Gasteiger partial charge in [0.15, 0.2) is 0 Å². The van der Waals surface area contributed by atoms with Crippen LogP contribution in [0, 0.1) is 5.92 Å². The quantitative estimate of drug-likeness (QED) is 0.853. The van der Waals surface area contributed by atoms with Crippen LogP contribution in [0.2, 0.25) is 0 Å². The monoisotopic (exact) mass is 233 g/mol. The Hall–Kier alpha value is -0.860. The van der Waals surface area contributed by atoms with Crippen molar-refractivity contribution < 1.29 is 0 Å². The van der Waals surface area contributed by atoms with Crippen LogP contribution < -0.4 is 5.73 Å². The van der Waals surface area contributed by atoms with Gasteiger partial charge in [0.1, 0.15) is 0 Å². The maximum absolute atomic E-state index is 6.08. The van der Waals surface area contributed by atoms with Crippen molar-refractivity contribution in [3.05, 3.63) is 35.2 Å². The Labute approximate surface area is 101 Å². The molecule has 2 aromatic rings. The van der Waals surface area contributed by atoms with Gasteiger partial charge in [0.25, 0.3) is 0 Å². The van der Waals surface area contributed by atoms with Crippen LogP contribution in [0.1, 0.15) is 25.8 Å². The molecule has 0 aliphatic carbocycles. The minimum atomic E-state index is 0.318. The third-order valence-corrected chi connectivity index (χ3v) is 4.32. The highest BCUT2D eigenvalue weighted by molar-refractivity contribution is 7.17. The van der Waals surface area contributed by atoms with E-state index in [1.807, 2.05) is 11.3 Å². The van der Waals surface area contributed by atoms with E-state index in [4.69, 9.17) is 5.73 Å². The summed E-state index contributed by atoms with van der Waals surface area (Å²) >= 11 is 1.83. The third kappa shape index (κ3) is 2.28. The standard InChI is InChI=1S/C14H19NS/c1-3-13(15)10(2)8-11-9-16-14-7-5-4-6-12(11)14/h4-7,9-10,13H,3,8,15H2,1-2H3. The fourth-order valence-electron chi connectivity index (χ4n) is 2.09. The van der Waals surface area contributed by atoms with Crippen molar-refractivity contribution in [2.24, 2.45) is 11.7 Å². The van der Waals surface area contributed by atoms with Gasteiger partial charge in [0.05, 0.1) is 0 Å². The molecule has 2 atom stereocenters. The Morgan fingerprint density at radius 1 is 1.31 bits per heavy atom. The molecule has 1 heterocycles. The molecule has 0 radical (unpaired) electrons. The summed E-state index contributed by atoms with van der Waals surface area (Å²) in [6.07, 6.45) is 2.16. The first-order chi connectivity index (χ1) is 7.72. The molecule has 2 unspecified atom stereocenters. The predicted molar refractivity (Wildman–Crippen MR) is 73.0 cm³/mol. The van der Waals surface area contributed by atoms with Gasteiger partial charge in [0.2, 0.25) is 0 Å². The van der Waals surface area contributed by atoms with Crippen LogP contribution in [-0.2, 0) is 6.42 Å². The average molecular weight is 233 g/mol. The summed E-state index contributed by atoms with van der Waals surface area (Å²) in [5.74, 6) is 0.558. The van der Waals surface area contributed by atoms with Gasteiger partial charge in [-0.05, 0) is 41.2 Å². The van der Waals surface area contributed by atoms with E-state index in [-0.39, 0.29) is 0 Å². The van der Waals surface area contributed by atoms with E-state index in [2.05, 4.69) is 43.5 Å². The molecule has 1 aromatic heterocycles. The first-order valence-electron chi connectivity index (χ1n) is 5.93. The Morgan fingerprint density at radius 3 is 2.81 bits per heavy atom. The minimum Gasteiger partial charge on any atom is -0.327 e. The second-order valence-corrected chi connectivity index (χ2v) is 5.42. The van der Waals surface area contributed by atoms with Crippen molar-refractivity contribution in [1.82, 2.24) is 0 Å². The van der Waals surface area contributed by atoms with E-state index in [0.717, 1.165) is 12.8 Å². The molecule has 2 rings (SSSR count). The van der Waals surface area contributed by atoms with Crippen molar-refractivity contribution in [2.75, 3.05) is 0 Å². The van der Waals surface area contributed by atoms with Crippen LogP contribution in [0.3, 0.4) is 0 Å². The molecule has 0 amide bonds. The number of thiophene rings is 1. The molecule has 0 aliphatic rings. The summed E-state index contributed by atoms with van der Waals surface area (Å²) in [4.78, 5) is 0. The highest BCUT2D eigenvalue weighted by atomic mass is 32.1. The summed E-state index contributed by atoms with van der Waals surface area (Å²) in [6.45, 7) is 4.41. The Balaban J connectivity index is 2.21. The van der Waals surface area contributed by atoms with Gasteiger partial charge >= 0.3 is 0 Å². The lowest BCUT2D eigenvalue weighted by Gasteiger charge is -2.17. The van der Waals surface area contributed by atoms with Gasteiger partial charge < -0.3 is 5.73 Å². The van der Waals surface area contributed by atoms with E-state index >= 15 is 0 Å². The van der Waals surface area contributed by atoms with Crippen molar-refractivity contribution in [2.45, 2.75) is 32.7 Å². The maximum atomic E-state index is 6.08. The zero-order chi connectivity index (χ0) is 11.5. The van der Waals surface area contributed by atoms with Crippen LogP contribution in [0.25, 0.3) is 10.1 Å². The Kier molecular flexibility index (Phi) is 3.62. The molecule has 2 N–H and O–H groups in total. The molecular formula is C14H19NS. The fraction of sp³-hybridized carbons (Fsp3) is 0.429. The van der Waals surface area contributed by atoms with Gasteiger partial charge in [-0.25, -0.2) is 0 Å². The zero-order valence-corrected chi connectivity index (χ0v) is 10.8. The number of fused-ring (bicyclic) bond motifs is 1. The number of hydrogen-bond donors (Lipinski definition) is 1. The normalized spacial score (nSPS) is 15.2. The molecule has 16 heavy (non-hydrogen) atoms. The van der Waals surface area contributed by atoms with Gasteiger partial charge in [-0.1, -0.05) is 32.0 Å². The lowest BCUT2D eigenvalue weighted by molar-refractivity contribution is 0.443. The second-order valence-electron chi connectivity index (χ2n) is 4.51. The SMILES string of the molecule is CCC(N)C(C)Cc1csc2ccccc12. The van der Waals surface area contributed by atoms with Gasteiger partial charge in [-0.15, -0.1) is 11.3 Å². The summed E-state index contributed by atoms with van der Waals surface area (Å²) in [5, 5.41) is 3.69. The summed E-state index contributed by atoms with van der Waals surface area (Å²) in [7, 11) is 0. The van der Waals surface area contributed by atoms with Crippen molar-refractivity contribution in [1.29, 1.82) is 0 Å². The molecule has 0 bridgehead atoms. The average Bonchev–Trinajstić information content (AvgIpc) is 2.72. The second kappa shape index (κ2) is 4.98. The number of hydrogen-bond acceptors (Lipinski definition) is 2. The summed E-state index contributed by atoms with van der Waals surface area (Å²) in [5.41, 5.74) is 7.54. The molecule has 0 fully saturated rings. The topological polar surface area (TPSA) is 26.0 Å². The molecule has 0 aliphatic heterocycles. The summed E-state index contributed by atoms with van der Waals surface area (Å²) < 4.78 is 1.38. The van der Waals surface area contributed by atoms with Crippen LogP contribution in [-0.4, -0.2) is 6.04 Å². The number of rotatable bonds is 4. The van der Waals surface area contributed by atoms with Gasteiger partial charge in [-0.3, -0.25) is 0 Å². The largest absolute Gasteiger partial charge is 0.327 e. The smallest absolute Gasteiger partial charge is 0.0345 e. The molecule has 2 heteroatoms. The van der Waals surface area contributed by atoms with Crippen LogP contribution in [0.15, 0.2) is 29.6 Å². The lowest BCUT2D eigenvalue weighted by Crippen LogP contribution is -2.28. The maximum Gasteiger partial charge on any atom is 0.0345 e. The van der Waals surface area contributed by atoms with E-state index in [9.17, 15) is 0 Å². The van der Waals surface area contributed by atoms with Crippen LogP contribution in [0.5, 0.6) is 0 Å². The zero-order valence-electron chi connectivity index (χ0n) is 9.94. The highest BCUT2D eigenvalue weighted by Gasteiger charge is 2.13. The fourth-order valence-corrected chi connectivity index (χ4v) is 3.07. The van der Waals surface area contributed by atoms with Crippen molar-refractivity contribution in [3.8, 4) is 0 Å². The molecule has 0 spiro atoms. The van der Waals surface area contributed by atoms with Gasteiger partial charge in [0, 0.05) is 10.7 Å². The van der Waals surface area contributed by atoms with Crippen molar-refractivity contribution >= 4 is 21.4 Å². The van der Waals surface area contributed by atoms with E-state index in [0.29, 0.717) is 12.0 Å². The molecule has 1 nitrogen and oxygen atoms in total. The van der Waals surface area contributed by atoms with Crippen LogP contribution in [0.4, 0.5) is 0 Å². The number of benzene rings is 1. The third-order valence-electron chi connectivity index (χ3n) is 3.31. The Morgan fingerprint density at radius 2 is 2.06 bits per heavy atom. The van der Waals surface area contributed by atoms with E-state index in [1.54, 1.807) is 0 Å². The predicted octanol–water partition coefficient (Wildman–Crippen LogP) is 3.82. The minimum absolute atomic E-state index is 0.318. The van der Waals surface area contributed by atoms with E-state index in [1.165, 1.54) is 15.6 Å². The molecule has 1 aromatic carbocycles. The van der Waals surface area contributed by atoms with E-state index < -0.39 is 0 Å². The highest BCUT2D eigenvalue weighted by Crippen LogP contribution is 2.28. The molecule has 86 valence electrons. The summed E-state index contributed by atoms with van der Waals surface area (Å²) in [6, 6.07) is 8.94. The first kappa shape index (κ1) is 11.6. The van der Waals surface area contributed by atoms with Crippen molar-refractivity contribution in [3.63, 3.8) is 0 Å². The van der Waals surface area contributed by atoms with Gasteiger partial charge in [-0.2, -0.15) is 0 Å². The van der Waals surface area contributed by atoms with Crippen LogP contribution >= 0.6 is 11.3 Å². The number of nitrogens with two attached hydrogens (primary N) is 1.